The van der Waals surface area contributed by atoms with Crippen molar-refractivity contribution >= 4 is 0 Å². The van der Waals surface area contributed by atoms with Crippen LogP contribution in [-0.4, -0.2) is 0 Å². The first kappa shape index (κ1) is 76.3. The maximum atomic E-state index is 0. The average Bonchev–Trinajstić information content (AvgIpc) is 0. The zero-order chi connectivity index (χ0) is 0. The Bertz CT molecular complexity index is 4.35. The molecule has 69 valence electrons. The molecule has 0 heterocycles. The number of hydrogen-bond donors (Lipinski definition) is 0. The summed E-state index contributed by atoms with van der Waals surface area (Å²) in [4.78, 5) is 0. The molecule has 0 nitrogen and oxygen atoms in total. The Morgan fingerprint density at radius 1 is 0.250 bits per heavy atom. The summed E-state index contributed by atoms with van der Waals surface area (Å²) < 4.78 is 0. The van der Waals surface area contributed by atoms with Gasteiger partial charge in [-0.3, -0.25) is 0 Å². The van der Waals surface area contributed by atoms with Gasteiger partial charge in [0.1, 0.15) is 0 Å². The molecule has 0 aromatic carbocycles. The number of rotatable bonds is 0. The summed E-state index contributed by atoms with van der Waals surface area (Å²) in [5.41, 5.74) is 0. The van der Waals surface area contributed by atoms with Crippen molar-refractivity contribution in [2.45, 2.75) is 0 Å². The predicted octanol–water partition coefficient (Wildman–Crippen LogP) is -0.0175. The minimum atomic E-state index is 0. The molecule has 0 fully saturated rings. The van der Waals surface area contributed by atoms with Gasteiger partial charge in [-0.2, -0.15) is 0 Å². The Morgan fingerprint density at radius 3 is 0.250 bits per heavy atom. The van der Waals surface area contributed by atoms with E-state index in [1.165, 1.54) is 0 Å². The molecule has 0 amide bonds. The van der Waals surface area contributed by atoms with Crippen molar-refractivity contribution in [3.05, 3.63) is 0 Å². The molecule has 0 atom stereocenters. The van der Waals surface area contributed by atoms with Gasteiger partial charge in [0.05, 0.1) is 0 Å². The van der Waals surface area contributed by atoms with Crippen molar-refractivity contribution in [3.8, 4) is 0 Å². The van der Waals surface area contributed by atoms with Crippen LogP contribution in [-0.2, 0) is 117 Å². The molecular formula is Co7Sm. The Kier molecular flexibility index (Phi) is 563. The van der Waals surface area contributed by atoms with Crippen LogP contribution in [0.3, 0.4) is 0 Å². The third kappa shape index (κ3) is 44.6. The van der Waals surface area contributed by atoms with Crippen LogP contribution in [0.25, 0.3) is 0 Å². The maximum Gasteiger partial charge on any atom is 0 e. The second-order valence-corrected chi connectivity index (χ2v) is 0. The van der Waals surface area contributed by atoms with E-state index in [0.717, 1.165) is 0 Å². The van der Waals surface area contributed by atoms with Gasteiger partial charge in [-0.05, 0) is 0 Å². The van der Waals surface area contributed by atoms with E-state index in [9.17, 15) is 0 Å². The minimum absolute atomic E-state index is 0. The summed E-state index contributed by atoms with van der Waals surface area (Å²) in [5, 5.41) is 0. The third-order valence-corrected chi connectivity index (χ3v) is 0. The molecule has 0 aliphatic heterocycles. The molecule has 0 aliphatic rings. The zero-order valence-electron chi connectivity index (χ0n) is 2.74. The Morgan fingerprint density at radius 2 is 0.250 bits per heavy atom. The van der Waals surface area contributed by atoms with Gasteiger partial charge in [-0.15, -0.1) is 0 Å². The van der Waals surface area contributed by atoms with Gasteiger partial charge in [0.2, 0.25) is 0 Å². The summed E-state index contributed by atoms with van der Waals surface area (Å²) in [6, 6.07) is 0. The standard InChI is InChI=1S/7Co.Sm. The molecule has 0 saturated heterocycles. The van der Waals surface area contributed by atoms with Crippen LogP contribution < -0.4 is 0 Å². The normalized spacial score (nSPS) is 0. The van der Waals surface area contributed by atoms with E-state index in [1.807, 2.05) is 0 Å². The molecule has 0 N–H and O–H groups in total. The molecule has 0 rings (SSSR count). The largest absolute Gasteiger partial charge is 0 e. The quantitative estimate of drug-likeness (QED) is 0.390. The number of hydrogen-bond acceptors (Lipinski definition) is 0. The first-order valence-electron chi connectivity index (χ1n) is 0. The zero-order valence-corrected chi connectivity index (χ0v) is 12.6. The Balaban J connectivity index is 0. The monoisotopic (exact) mass is 564 g/mol. The van der Waals surface area contributed by atoms with E-state index < -0.39 is 0 Å². The second kappa shape index (κ2) is 59.0. The van der Waals surface area contributed by atoms with E-state index in [1.54, 1.807) is 0 Å². The predicted molar refractivity (Wildman–Crippen MR) is 0 cm³/mol. The third-order valence-electron chi connectivity index (χ3n) is 0. The molecule has 0 bridgehead atoms. The van der Waals surface area contributed by atoms with Crippen molar-refractivity contribution in [3.63, 3.8) is 0 Å². The van der Waals surface area contributed by atoms with Gasteiger partial charge in [-0.25, -0.2) is 0 Å². The fraction of sp³-hybridized carbons (Fsp3) is 0. The Hall–Kier alpha value is 4.88. The molecule has 0 aliphatic carbocycles. The van der Waals surface area contributed by atoms with E-state index in [-0.39, 0.29) is 158 Å². The fourth-order valence-electron chi connectivity index (χ4n) is 0. The molecule has 8 heteroatoms. The summed E-state index contributed by atoms with van der Waals surface area (Å²) in [6.07, 6.45) is 0. The van der Waals surface area contributed by atoms with Crippen LogP contribution in [0, 0.1) is 40.4 Å². The van der Waals surface area contributed by atoms with Crippen LogP contribution in [0.15, 0.2) is 0 Å². The summed E-state index contributed by atoms with van der Waals surface area (Å²) in [5.74, 6) is 0. The van der Waals surface area contributed by atoms with Gasteiger partial charge in [0.15, 0.2) is 0 Å². The van der Waals surface area contributed by atoms with Crippen LogP contribution in [0.5, 0.6) is 0 Å². The first-order chi connectivity index (χ1) is 0. The maximum absolute atomic E-state index is 0. The molecule has 0 aromatic rings. The SMILES string of the molecule is [Co].[Co].[Co].[Co].[Co].[Co].[Co].[Sm]. The fourth-order valence-corrected chi connectivity index (χ4v) is 0. The van der Waals surface area contributed by atoms with Crippen molar-refractivity contribution in [2.24, 2.45) is 0 Å². The first-order valence-corrected chi connectivity index (χ1v) is 0. The molecule has 7 radical (unpaired) electrons. The van der Waals surface area contributed by atoms with Gasteiger partial charge in [-0.1, -0.05) is 0 Å². The molecule has 0 unspecified atom stereocenters. The van der Waals surface area contributed by atoms with E-state index >= 15 is 0 Å². The van der Waals surface area contributed by atoms with Gasteiger partial charge >= 0.3 is 0 Å². The molecule has 0 aromatic heterocycles. The topological polar surface area (TPSA) is 0 Å². The summed E-state index contributed by atoms with van der Waals surface area (Å²) >= 11 is 0. The van der Waals surface area contributed by atoms with E-state index in [4.69, 9.17) is 0 Å². The van der Waals surface area contributed by atoms with Crippen LogP contribution in [0.4, 0.5) is 0 Å². The average molecular weight is 563 g/mol. The van der Waals surface area contributed by atoms with Crippen LogP contribution >= 0.6 is 0 Å². The molecule has 0 spiro atoms. The van der Waals surface area contributed by atoms with Gasteiger partial charge in [0, 0.05) is 158 Å². The molecule has 8 heavy (non-hydrogen) atoms. The van der Waals surface area contributed by atoms with E-state index in [2.05, 4.69) is 0 Å². The van der Waals surface area contributed by atoms with Gasteiger partial charge in [0.25, 0.3) is 0 Å². The van der Waals surface area contributed by atoms with Gasteiger partial charge < -0.3 is 0 Å². The van der Waals surface area contributed by atoms with E-state index in [0.29, 0.717) is 0 Å². The van der Waals surface area contributed by atoms with Crippen LogP contribution in [0.1, 0.15) is 0 Å². The summed E-state index contributed by atoms with van der Waals surface area (Å²) in [6.45, 7) is 0. The smallest absolute Gasteiger partial charge is 0 e. The molecule has 0 saturated carbocycles. The molecular weight excluding hydrogens is 563 g/mol. The van der Waals surface area contributed by atoms with Crippen LogP contribution in [0.2, 0.25) is 0 Å². The second-order valence-electron chi connectivity index (χ2n) is 0. The Labute approximate surface area is 154 Å². The summed E-state index contributed by atoms with van der Waals surface area (Å²) in [7, 11) is 0. The minimum Gasteiger partial charge on any atom is 0 e. The van der Waals surface area contributed by atoms with Crippen molar-refractivity contribution in [1.82, 2.24) is 0 Å². The van der Waals surface area contributed by atoms with Crippen molar-refractivity contribution < 1.29 is 158 Å². The van der Waals surface area contributed by atoms with Crippen molar-refractivity contribution in [2.75, 3.05) is 0 Å². The van der Waals surface area contributed by atoms with Crippen molar-refractivity contribution in [1.29, 1.82) is 0 Å².